The summed E-state index contributed by atoms with van der Waals surface area (Å²) in [5, 5.41) is 14.8. The number of alkyl halides is 1. The van der Waals surface area contributed by atoms with Gasteiger partial charge < -0.3 is 43.6 Å². The number of cyclic esters (lactones) is 1. The lowest BCUT2D eigenvalue weighted by atomic mass is 9.79. The lowest BCUT2D eigenvalue weighted by Gasteiger charge is -2.51. The largest absolute Gasteiger partial charge is 0.458 e. The number of ether oxygens (including phenoxy) is 7. The van der Waals surface area contributed by atoms with Crippen LogP contribution in [-0.2, 0) is 38.0 Å². The zero-order valence-electron chi connectivity index (χ0n) is 28.1. The highest BCUT2D eigenvalue weighted by molar-refractivity contribution is 6.22. The molecule has 4 fully saturated rings. The van der Waals surface area contributed by atoms with Gasteiger partial charge in [-0.3, -0.25) is 4.79 Å². The molecule has 0 aromatic heterocycles. The number of allylic oxidation sites excluding steroid dienone is 3. The molecule has 1 amide bonds. The lowest BCUT2D eigenvalue weighted by molar-refractivity contribution is -0.348. The maximum absolute atomic E-state index is 13.4. The minimum absolute atomic E-state index is 0.0338. The van der Waals surface area contributed by atoms with Gasteiger partial charge in [-0.25, -0.2) is 4.79 Å². The zero-order valence-corrected chi connectivity index (χ0v) is 28.9. The number of halogens is 1. The van der Waals surface area contributed by atoms with Gasteiger partial charge in [0.05, 0.1) is 30.8 Å². The molecule has 5 rings (SSSR count). The summed E-state index contributed by atoms with van der Waals surface area (Å²) in [6.45, 7) is 9.57. The summed E-state index contributed by atoms with van der Waals surface area (Å²) in [7, 11) is 3.14. The van der Waals surface area contributed by atoms with Crippen molar-refractivity contribution >= 4 is 23.7 Å². The van der Waals surface area contributed by atoms with Crippen molar-refractivity contribution in [2.45, 2.75) is 126 Å². The number of amides is 1. The molecule has 5 aliphatic rings. The molecule has 2 bridgehead atoms. The maximum atomic E-state index is 13.4. The number of alkyl carbamates (subject to hydrolysis) is 1. The number of aliphatic hydroxyl groups is 1. The fraction of sp³-hybridized carbons (Fsp3) is 0.714. The van der Waals surface area contributed by atoms with Gasteiger partial charge in [-0.2, -0.15) is 0 Å². The van der Waals surface area contributed by atoms with Crippen LogP contribution in [0.25, 0.3) is 0 Å². The third-order valence-electron chi connectivity index (χ3n) is 9.96. The molecule has 1 saturated carbocycles. The molecule has 14 atom stereocenters. The molecule has 0 spiro atoms. The molecule has 3 saturated heterocycles. The molecule has 0 radical (unpaired) electrons. The Bertz CT molecular complexity index is 1320. The summed E-state index contributed by atoms with van der Waals surface area (Å²) in [6, 6.07) is -0.443. The van der Waals surface area contributed by atoms with Crippen LogP contribution in [0.3, 0.4) is 0 Å². The summed E-state index contributed by atoms with van der Waals surface area (Å²) in [5.74, 6) is 3.34. The van der Waals surface area contributed by atoms with Crippen LogP contribution in [0.15, 0.2) is 36.0 Å². The number of methoxy groups -OCH3 is 2. The highest BCUT2D eigenvalue weighted by Gasteiger charge is 2.61. The molecule has 0 unspecified atom stereocenters. The predicted molar refractivity (Wildman–Crippen MR) is 172 cm³/mol. The Morgan fingerprint density at radius 1 is 1.15 bits per heavy atom. The standard InChI is InChI=1S/C35H48ClNO10/c1-19-14-24(13-11-9-8-10-12-23-16-25(23)36)44-28(38)18-35(40)17-27(21(3)29(46-35)20(2)26(15-19)41-6)45-32-31(42-7)34(5)30(22(4)43-32)37-33(39)47-34/h8-9,11,13,15,20-27,29-32,40H,14,16-18H2,1-7H3,(H,37,39)/b9-8+,13-11+,19-15+/t20-,21-,22+,23+,24+,25+,26-,27+,29-,30-,31+,32+,34-,35+/m0/s1. The second kappa shape index (κ2) is 14.6. The molecular formula is C35H48ClNO10. The molecule has 2 N–H and O–H groups in total. The van der Waals surface area contributed by atoms with Crippen molar-refractivity contribution in [3.05, 3.63) is 36.0 Å². The van der Waals surface area contributed by atoms with Gasteiger partial charge in [0, 0.05) is 50.2 Å². The van der Waals surface area contributed by atoms with Crippen LogP contribution in [-0.4, -0.2) is 97.1 Å². The second-order valence-corrected chi connectivity index (χ2v) is 14.3. The van der Waals surface area contributed by atoms with E-state index >= 15 is 0 Å². The molecule has 4 aliphatic heterocycles. The van der Waals surface area contributed by atoms with E-state index in [1.807, 2.05) is 33.8 Å². The van der Waals surface area contributed by atoms with Crippen molar-refractivity contribution in [1.82, 2.24) is 5.32 Å². The summed E-state index contributed by atoms with van der Waals surface area (Å²) >= 11 is 6.01. The highest BCUT2D eigenvalue weighted by Crippen LogP contribution is 2.44. The second-order valence-electron chi connectivity index (χ2n) is 13.7. The molecule has 0 aromatic rings. The Kier molecular flexibility index (Phi) is 11.1. The number of rotatable bonds is 6. The summed E-state index contributed by atoms with van der Waals surface area (Å²) in [6.07, 6.45) is 5.17. The summed E-state index contributed by atoms with van der Waals surface area (Å²) in [4.78, 5) is 25.6. The van der Waals surface area contributed by atoms with Crippen molar-refractivity contribution in [3.8, 4) is 11.8 Å². The predicted octanol–water partition coefficient (Wildman–Crippen LogP) is 4.16. The molecule has 4 heterocycles. The van der Waals surface area contributed by atoms with Gasteiger partial charge in [0.1, 0.15) is 18.2 Å². The normalized spacial score (nSPS) is 46.5. The van der Waals surface area contributed by atoms with Crippen molar-refractivity contribution in [2.24, 2.45) is 17.8 Å². The minimum Gasteiger partial charge on any atom is -0.458 e. The number of fused-ring (bicyclic) bond motifs is 3. The van der Waals surface area contributed by atoms with E-state index in [9.17, 15) is 14.7 Å². The lowest BCUT2D eigenvalue weighted by Crippen LogP contribution is -2.67. The van der Waals surface area contributed by atoms with E-state index in [1.54, 1.807) is 38.3 Å². The topological polar surface area (TPSA) is 131 Å². The van der Waals surface area contributed by atoms with Crippen LogP contribution in [0.1, 0.15) is 60.3 Å². The monoisotopic (exact) mass is 677 g/mol. The number of carbonyl (C=O) groups excluding carboxylic acids is 2. The number of nitrogens with one attached hydrogen (secondary N) is 1. The van der Waals surface area contributed by atoms with Gasteiger partial charge in [0.25, 0.3) is 0 Å². The Morgan fingerprint density at radius 3 is 2.57 bits per heavy atom. The first-order valence-corrected chi connectivity index (χ1v) is 16.8. The van der Waals surface area contributed by atoms with E-state index < -0.39 is 72.7 Å². The van der Waals surface area contributed by atoms with Crippen LogP contribution in [0.5, 0.6) is 0 Å². The maximum Gasteiger partial charge on any atom is 0.408 e. The Hall–Kier alpha value is -2.43. The molecule has 11 nitrogen and oxygen atoms in total. The van der Waals surface area contributed by atoms with Crippen LogP contribution in [0.4, 0.5) is 4.79 Å². The van der Waals surface area contributed by atoms with E-state index in [0.29, 0.717) is 6.42 Å². The third-order valence-corrected chi connectivity index (χ3v) is 10.4. The first-order valence-electron chi connectivity index (χ1n) is 16.4. The van der Waals surface area contributed by atoms with Crippen LogP contribution in [0.2, 0.25) is 0 Å². The average molecular weight is 678 g/mol. The summed E-state index contributed by atoms with van der Waals surface area (Å²) < 4.78 is 42.5. The number of hydrogen-bond acceptors (Lipinski definition) is 10. The quantitative estimate of drug-likeness (QED) is 0.139. The Labute approximate surface area is 282 Å². The van der Waals surface area contributed by atoms with E-state index in [4.69, 9.17) is 44.8 Å². The van der Waals surface area contributed by atoms with Crippen LogP contribution < -0.4 is 5.32 Å². The fourth-order valence-electron chi connectivity index (χ4n) is 7.26. The van der Waals surface area contributed by atoms with E-state index in [1.165, 1.54) is 7.11 Å². The number of esters is 1. The smallest absolute Gasteiger partial charge is 0.408 e. The molecule has 260 valence electrons. The molecule has 47 heavy (non-hydrogen) atoms. The van der Waals surface area contributed by atoms with Crippen LogP contribution in [0, 0.1) is 29.6 Å². The molecular weight excluding hydrogens is 630 g/mol. The minimum atomic E-state index is -1.90. The first kappa shape index (κ1) is 35.9. The summed E-state index contributed by atoms with van der Waals surface area (Å²) in [5.41, 5.74) is -0.0797. The molecule has 0 aromatic carbocycles. The van der Waals surface area contributed by atoms with Crippen molar-refractivity contribution in [1.29, 1.82) is 0 Å². The van der Waals surface area contributed by atoms with E-state index in [0.717, 1.165) is 12.0 Å². The SMILES string of the molecule is CO[C@H]1/C=C(\C)C[C@@H](/C=C/C=C/C#C[C@@H]2C[C@H]2Cl)OC(=O)C[C@@]2(O)C[C@@H](O[C@H]3O[C@H](C)[C@@H]4NC(=O)O[C@]4(C)[C@@H]3OC)[C@H](C)[C@@H](O2)[C@H]1C. The zero-order chi connectivity index (χ0) is 34.1. The van der Waals surface area contributed by atoms with Gasteiger partial charge in [0.2, 0.25) is 0 Å². The Balaban J connectivity index is 1.37. The number of carbonyl (C=O) groups is 2. The van der Waals surface area contributed by atoms with Gasteiger partial charge in [0.15, 0.2) is 17.7 Å². The van der Waals surface area contributed by atoms with Gasteiger partial charge in [-0.05, 0) is 39.3 Å². The highest BCUT2D eigenvalue weighted by atomic mass is 35.5. The van der Waals surface area contributed by atoms with Crippen LogP contribution >= 0.6 is 11.6 Å². The van der Waals surface area contributed by atoms with Gasteiger partial charge in [-0.1, -0.05) is 49.5 Å². The van der Waals surface area contributed by atoms with Crippen molar-refractivity contribution in [2.75, 3.05) is 14.2 Å². The number of hydrogen-bond donors (Lipinski definition) is 2. The fourth-order valence-corrected chi connectivity index (χ4v) is 7.51. The molecule has 1 aliphatic carbocycles. The van der Waals surface area contributed by atoms with Crippen molar-refractivity contribution < 1.29 is 47.9 Å². The Morgan fingerprint density at radius 2 is 1.89 bits per heavy atom. The first-order chi connectivity index (χ1) is 22.3. The molecule has 12 heteroatoms. The third kappa shape index (κ3) is 8.07. The van der Waals surface area contributed by atoms with E-state index in [2.05, 4.69) is 17.2 Å². The van der Waals surface area contributed by atoms with Gasteiger partial charge >= 0.3 is 12.1 Å². The van der Waals surface area contributed by atoms with Crippen molar-refractivity contribution in [3.63, 3.8) is 0 Å². The average Bonchev–Trinajstić information content (AvgIpc) is 3.60. The van der Waals surface area contributed by atoms with Gasteiger partial charge in [-0.15, -0.1) is 11.6 Å². The van der Waals surface area contributed by atoms with E-state index in [-0.39, 0.29) is 35.7 Å².